The fraction of sp³-hybridized carbons (Fsp3) is 0.423. The van der Waals surface area contributed by atoms with E-state index in [9.17, 15) is 19.1 Å². The van der Waals surface area contributed by atoms with Gasteiger partial charge in [0.2, 0.25) is 0 Å². The SMILES string of the molecule is C[C@H](CO)n1cnnc1-c1cccc(NC(=O)c2cc3c(cc2F)CCN(C(=O)NC2CCCC2)C3)n1. The number of benzene rings is 1. The highest BCUT2D eigenvalue weighted by Crippen LogP contribution is 2.25. The number of pyridine rings is 1. The highest BCUT2D eigenvalue weighted by atomic mass is 19.1. The quantitative estimate of drug-likeness (QED) is 0.470. The minimum Gasteiger partial charge on any atom is -0.394 e. The van der Waals surface area contributed by atoms with Gasteiger partial charge in [0, 0.05) is 19.1 Å². The Morgan fingerprint density at radius 3 is 2.81 bits per heavy atom. The zero-order valence-corrected chi connectivity index (χ0v) is 20.7. The molecule has 3 amide bonds. The van der Waals surface area contributed by atoms with Crippen molar-refractivity contribution in [1.29, 1.82) is 0 Å². The monoisotopic (exact) mass is 507 g/mol. The largest absolute Gasteiger partial charge is 0.394 e. The van der Waals surface area contributed by atoms with Gasteiger partial charge < -0.3 is 25.2 Å². The third kappa shape index (κ3) is 5.31. The van der Waals surface area contributed by atoms with Gasteiger partial charge in [-0.3, -0.25) is 4.79 Å². The normalized spacial score (nSPS) is 16.4. The maximum absolute atomic E-state index is 14.9. The van der Waals surface area contributed by atoms with Gasteiger partial charge in [-0.2, -0.15) is 0 Å². The number of nitrogens with zero attached hydrogens (tertiary/aromatic N) is 5. The number of aliphatic hydroxyl groups is 1. The molecule has 1 saturated carbocycles. The number of halogens is 1. The molecule has 1 atom stereocenters. The summed E-state index contributed by atoms with van der Waals surface area (Å²) in [4.78, 5) is 31.9. The Kier molecular flexibility index (Phi) is 7.13. The lowest BCUT2D eigenvalue weighted by atomic mass is 9.96. The molecule has 194 valence electrons. The van der Waals surface area contributed by atoms with E-state index in [1.165, 1.54) is 18.5 Å². The molecule has 0 unspecified atom stereocenters. The van der Waals surface area contributed by atoms with Gasteiger partial charge in [-0.05, 0) is 61.6 Å². The van der Waals surface area contributed by atoms with Gasteiger partial charge in [0.15, 0.2) is 5.82 Å². The van der Waals surface area contributed by atoms with Crippen LogP contribution < -0.4 is 10.6 Å². The molecular formula is C26H30FN7O3. The highest BCUT2D eigenvalue weighted by Gasteiger charge is 2.26. The molecule has 3 heterocycles. The Morgan fingerprint density at radius 2 is 2.03 bits per heavy atom. The van der Waals surface area contributed by atoms with Crippen LogP contribution in [0.15, 0.2) is 36.7 Å². The van der Waals surface area contributed by atoms with E-state index >= 15 is 0 Å². The molecule has 1 fully saturated rings. The summed E-state index contributed by atoms with van der Waals surface area (Å²) in [6.45, 7) is 2.54. The van der Waals surface area contributed by atoms with E-state index in [1.54, 1.807) is 27.7 Å². The molecule has 0 spiro atoms. The average molecular weight is 508 g/mol. The van der Waals surface area contributed by atoms with Crippen LogP contribution in [0.1, 0.15) is 60.1 Å². The molecule has 2 aromatic heterocycles. The number of anilines is 1. The summed E-state index contributed by atoms with van der Waals surface area (Å²) in [5.41, 5.74) is 1.90. The van der Waals surface area contributed by atoms with E-state index < -0.39 is 11.7 Å². The highest BCUT2D eigenvalue weighted by molar-refractivity contribution is 6.04. The molecule has 3 N–H and O–H groups in total. The number of urea groups is 1. The Labute approximate surface area is 213 Å². The minimum absolute atomic E-state index is 0.0985. The minimum atomic E-state index is -0.636. The lowest BCUT2D eigenvalue weighted by molar-refractivity contribution is 0.102. The van der Waals surface area contributed by atoms with Crippen molar-refractivity contribution in [3.8, 4) is 11.5 Å². The summed E-state index contributed by atoms with van der Waals surface area (Å²) in [5.74, 6) is -0.590. The number of nitrogens with one attached hydrogen (secondary N) is 2. The summed E-state index contributed by atoms with van der Waals surface area (Å²) in [6.07, 6.45) is 6.29. The predicted octanol–water partition coefficient (Wildman–Crippen LogP) is 3.30. The molecule has 0 saturated heterocycles. The summed E-state index contributed by atoms with van der Waals surface area (Å²) < 4.78 is 16.6. The number of rotatable bonds is 6. The first-order valence-electron chi connectivity index (χ1n) is 12.6. The number of aromatic nitrogens is 4. The molecule has 0 bridgehead atoms. The number of aliphatic hydroxyl groups excluding tert-OH is 1. The summed E-state index contributed by atoms with van der Waals surface area (Å²) in [5, 5.41) is 23.2. The molecule has 0 radical (unpaired) electrons. The van der Waals surface area contributed by atoms with Gasteiger partial charge in [0.05, 0.1) is 18.2 Å². The summed E-state index contributed by atoms with van der Waals surface area (Å²) in [6, 6.07) is 7.77. The number of hydrogen-bond acceptors (Lipinski definition) is 6. The van der Waals surface area contributed by atoms with Crippen LogP contribution in [-0.2, 0) is 13.0 Å². The van der Waals surface area contributed by atoms with Gasteiger partial charge in [-0.25, -0.2) is 14.2 Å². The fourth-order valence-electron chi connectivity index (χ4n) is 4.91. The second-order valence-electron chi connectivity index (χ2n) is 9.66. The second kappa shape index (κ2) is 10.6. The maximum atomic E-state index is 14.9. The maximum Gasteiger partial charge on any atom is 0.317 e. The first-order valence-corrected chi connectivity index (χ1v) is 12.6. The molecule has 3 aromatic rings. The number of carbonyl (C=O) groups excluding carboxylic acids is 2. The number of hydrogen-bond donors (Lipinski definition) is 3. The zero-order chi connectivity index (χ0) is 25.9. The lowest BCUT2D eigenvalue weighted by Crippen LogP contribution is -2.46. The van der Waals surface area contributed by atoms with Crippen LogP contribution in [0.25, 0.3) is 11.5 Å². The topological polar surface area (TPSA) is 125 Å². The van der Waals surface area contributed by atoms with Crippen molar-refractivity contribution in [3.63, 3.8) is 0 Å². The Bertz CT molecular complexity index is 1310. The van der Waals surface area contributed by atoms with Crippen molar-refractivity contribution in [3.05, 3.63) is 59.2 Å². The molecule has 1 aliphatic heterocycles. The van der Waals surface area contributed by atoms with E-state index in [4.69, 9.17) is 0 Å². The molecule has 5 rings (SSSR count). The van der Waals surface area contributed by atoms with Crippen molar-refractivity contribution in [2.24, 2.45) is 0 Å². The van der Waals surface area contributed by atoms with Crippen LogP contribution in [-0.4, -0.2) is 60.9 Å². The van der Waals surface area contributed by atoms with Gasteiger partial charge in [0.1, 0.15) is 23.7 Å². The second-order valence-corrected chi connectivity index (χ2v) is 9.66. The van der Waals surface area contributed by atoms with Crippen molar-refractivity contribution < 1.29 is 19.1 Å². The molecule has 1 aromatic carbocycles. The van der Waals surface area contributed by atoms with Crippen LogP contribution in [0.3, 0.4) is 0 Å². The van der Waals surface area contributed by atoms with E-state index in [1.807, 2.05) is 6.92 Å². The van der Waals surface area contributed by atoms with Crippen molar-refractivity contribution >= 4 is 17.8 Å². The molecular weight excluding hydrogens is 477 g/mol. The summed E-state index contributed by atoms with van der Waals surface area (Å²) in [7, 11) is 0. The molecule has 37 heavy (non-hydrogen) atoms. The Morgan fingerprint density at radius 1 is 1.22 bits per heavy atom. The van der Waals surface area contributed by atoms with Crippen molar-refractivity contribution in [2.45, 2.75) is 57.7 Å². The van der Waals surface area contributed by atoms with Gasteiger partial charge in [0.25, 0.3) is 5.91 Å². The first-order chi connectivity index (χ1) is 17.9. The van der Waals surface area contributed by atoms with Crippen LogP contribution in [0.4, 0.5) is 15.0 Å². The molecule has 1 aliphatic carbocycles. The summed E-state index contributed by atoms with van der Waals surface area (Å²) >= 11 is 0. The third-order valence-electron chi connectivity index (χ3n) is 7.05. The van der Waals surface area contributed by atoms with E-state index in [-0.39, 0.29) is 36.1 Å². The number of carbonyl (C=O) groups is 2. The van der Waals surface area contributed by atoms with E-state index in [0.29, 0.717) is 31.0 Å². The van der Waals surface area contributed by atoms with E-state index in [0.717, 1.165) is 36.8 Å². The zero-order valence-electron chi connectivity index (χ0n) is 20.7. The van der Waals surface area contributed by atoms with Gasteiger partial charge in [-0.1, -0.05) is 18.9 Å². The van der Waals surface area contributed by atoms with Gasteiger partial charge >= 0.3 is 6.03 Å². The van der Waals surface area contributed by atoms with Crippen molar-refractivity contribution in [1.82, 2.24) is 30.0 Å². The standard InChI is InChI=1S/C26H30FN7O3/c1-16(14-35)34-15-28-32-24(34)22-7-4-8-23(30-22)31-25(36)20-11-18-13-33(10-9-17(18)12-21(20)27)26(37)29-19-5-2-3-6-19/h4,7-8,11-12,15-16,19,35H,2-3,5-6,9-10,13-14H2,1H3,(H,29,37)(H,30,31,36)/t16-/m1/s1. The van der Waals surface area contributed by atoms with Crippen LogP contribution >= 0.6 is 0 Å². The third-order valence-corrected chi connectivity index (χ3v) is 7.05. The first kappa shape index (κ1) is 24.8. The van der Waals surface area contributed by atoms with Crippen LogP contribution in [0.2, 0.25) is 0 Å². The smallest absolute Gasteiger partial charge is 0.317 e. The lowest BCUT2D eigenvalue weighted by Gasteiger charge is -2.30. The predicted molar refractivity (Wildman–Crippen MR) is 134 cm³/mol. The molecule has 11 heteroatoms. The Hall–Kier alpha value is -3.86. The number of fused-ring (bicyclic) bond motifs is 1. The van der Waals surface area contributed by atoms with Crippen LogP contribution in [0, 0.1) is 5.82 Å². The van der Waals surface area contributed by atoms with E-state index in [2.05, 4.69) is 25.8 Å². The van der Waals surface area contributed by atoms with Crippen LogP contribution in [0.5, 0.6) is 0 Å². The molecule has 2 aliphatic rings. The van der Waals surface area contributed by atoms with Crippen molar-refractivity contribution in [2.75, 3.05) is 18.5 Å². The number of amides is 3. The fourth-order valence-corrected chi connectivity index (χ4v) is 4.91. The Balaban J connectivity index is 1.31. The van der Waals surface area contributed by atoms with Gasteiger partial charge in [-0.15, -0.1) is 10.2 Å². The molecule has 10 nitrogen and oxygen atoms in total. The average Bonchev–Trinajstić information content (AvgIpc) is 3.60.